The Kier molecular flexibility index (Phi) is 6.35. The highest BCUT2D eigenvalue weighted by Crippen LogP contribution is 2.35. The average molecular weight is 537 g/mol. The number of nitrogens with one attached hydrogen (secondary N) is 1. The lowest BCUT2D eigenvalue weighted by Crippen LogP contribution is -2.35. The summed E-state index contributed by atoms with van der Waals surface area (Å²) in [5, 5.41) is 3.29. The Bertz CT molecular complexity index is 1510. The number of rotatable bonds is 6. The molecule has 0 saturated carbocycles. The fourth-order valence-electron chi connectivity index (χ4n) is 4.54. The molecule has 2 saturated heterocycles. The molecule has 0 bridgehead atoms. The summed E-state index contributed by atoms with van der Waals surface area (Å²) in [6.45, 7) is 3.63. The van der Waals surface area contributed by atoms with Crippen molar-refractivity contribution < 1.29 is 19.0 Å². The predicted molar refractivity (Wildman–Crippen MR) is 145 cm³/mol. The van der Waals surface area contributed by atoms with E-state index in [1.165, 1.54) is 16.2 Å². The molecule has 11 heteroatoms. The summed E-state index contributed by atoms with van der Waals surface area (Å²) in [5.41, 5.74) is 2.38. The van der Waals surface area contributed by atoms with Gasteiger partial charge in [-0.15, -0.1) is 0 Å². The Balaban J connectivity index is 1.35. The number of thioether (sulfide) groups is 1. The minimum absolute atomic E-state index is 0.0169. The molecule has 5 heterocycles. The molecular formula is C26H24N4O5S2. The molecule has 9 nitrogen and oxygen atoms in total. The van der Waals surface area contributed by atoms with Crippen molar-refractivity contribution in [3.05, 3.63) is 68.5 Å². The number of carbonyl (C=O) groups excluding carboxylic acids is 1. The summed E-state index contributed by atoms with van der Waals surface area (Å²) in [7, 11) is 0. The second-order valence-electron chi connectivity index (χ2n) is 9.08. The van der Waals surface area contributed by atoms with Gasteiger partial charge < -0.3 is 19.5 Å². The molecule has 2 aromatic heterocycles. The van der Waals surface area contributed by atoms with Gasteiger partial charge in [-0.05, 0) is 55.2 Å². The van der Waals surface area contributed by atoms with E-state index in [0.29, 0.717) is 57.4 Å². The van der Waals surface area contributed by atoms with Crippen molar-refractivity contribution >= 4 is 51.7 Å². The molecule has 1 aromatic carbocycles. The zero-order chi connectivity index (χ0) is 25.5. The molecule has 3 aromatic rings. The first-order chi connectivity index (χ1) is 18.0. The van der Waals surface area contributed by atoms with Crippen LogP contribution in [0.3, 0.4) is 0 Å². The molecule has 37 heavy (non-hydrogen) atoms. The second kappa shape index (κ2) is 9.81. The van der Waals surface area contributed by atoms with Gasteiger partial charge in [-0.2, -0.15) is 0 Å². The molecule has 0 radical (unpaired) electrons. The summed E-state index contributed by atoms with van der Waals surface area (Å²) in [6.07, 6.45) is 5.20. The molecule has 190 valence electrons. The van der Waals surface area contributed by atoms with Crippen LogP contribution in [0.4, 0.5) is 5.82 Å². The first-order valence-corrected chi connectivity index (χ1v) is 13.2. The largest absolute Gasteiger partial charge is 0.454 e. The number of anilines is 1. The molecule has 0 aliphatic carbocycles. The highest BCUT2D eigenvalue weighted by atomic mass is 32.2. The van der Waals surface area contributed by atoms with Crippen LogP contribution >= 0.6 is 24.0 Å². The van der Waals surface area contributed by atoms with Gasteiger partial charge in [0.05, 0.1) is 23.1 Å². The van der Waals surface area contributed by atoms with Crippen LogP contribution in [-0.2, 0) is 16.1 Å². The third kappa shape index (κ3) is 4.70. The van der Waals surface area contributed by atoms with Crippen molar-refractivity contribution in [3.8, 4) is 11.5 Å². The Morgan fingerprint density at radius 2 is 2.08 bits per heavy atom. The number of hydrogen-bond donors (Lipinski definition) is 1. The Morgan fingerprint density at radius 3 is 2.92 bits per heavy atom. The monoisotopic (exact) mass is 536 g/mol. The third-order valence-electron chi connectivity index (χ3n) is 6.46. The van der Waals surface area contributed by atoms with Gasteiger partial charge in [0.2, 0.25) is 6.79 Å². The van der Waals surface area contributed by atoms with Crippen molar-refractivity contribution in [2.45, 2.75) is 32.4 Å². The summed E-state index contributed by atoms with van der Waals surface area (Å²) >= 11 is 6.69. The number of carbonyl (C=O) groups is 1. The summed E-state index contributed by atoms with van der Waals surface area (Å²) < 4.78 is 18.5. The number of pyridine rings is 1. The lowest BCUT2D eigenvalue weighted by Gasteiger charge is -2.18. The van der Waals surface area contributed by atoms with Gasteiger partial charge in [-0.3, -0.25) is 18.9 Å². The van der Waals surface area contributed by atoms with E-state index in [9.17, 15) is 9.59 Å². The van der Waals surface area contributed by atoms with E-state index in [2.05, 4.69) is 5.32 Å². The van der Waals surface area contributed by atoms with E-state index < -0.39 is 0 Å². The van der Waals surface area contributed by atoms with E-state index in [0.717, 1.165) is 24.0 Å². The molecule has 2 fully saturated rings. The van der Waals surface area contributed by atoms with E-state index in [4.69, 9.17) is 31.4 Å². The average Bonchev–Trinajstić information content (AvgIpc) is 3.63. The zero-order valence-corrected chi connectivity index (χ0v) is 21.7. The minimum atomic E-state index is -0.272. The first kappa shape index (κ1) is 24.0. The predicted octanol–water partition coefficient (Wildman–Crippen LogP) is 3.72. The number of amides is 1. The summed E-state index contributed by atoms with van der Waals surface area (Å²) in [6, 6.07) is 9.37. The molecule has 1 N–H and O–H groups in total. The van der Waals surface area contributed by atoms with Crippen LogP contribution in [0, 0.1) is 6.92 Å². The van der Waals surface area contributed by atoms with Crippen molar-refractivity contribution in [3.63, 3.8) is 0 Å². The van der Waals surface area contributed by atoms with Crippen LogP contribution in [0.1, 0.15) is 29.5 Å². The Morgan fingerprint density at radius 1 is 1.22 bits per heavy atom. The van der Waals surface area contributed by atoms with Crippen LogP contribution in [-0.4, -0.2) is 50.6 Å². The highest BCUT2D eigenvalue weighted by molar-refractivity contribution is 8.26. The lowest BCUT2D eigenvalue weighted by molar-refractivity contribution is -0.123. The molecular weight excluding hydrogens is 512 g/mol. The maximum atomic E-state index is 13.6. The van der Waals surface area contributed by atoms with Gasteiger partial charge in [-0.1, -0.05) is 36.1 Å². The van der Waals surface area contributed by atoms with E-state index in [1.807, 2.05) is 31.2 Å². The van der Waals surface area contributed by atoms with Crippen LogP contribution in [0.2, 0.25) is 0 Å². The third-order valence-corrected chi connectivity index (χ3v) is 7.84. The van der Waals surface area contributed by atoms with Crippen LogP contribution < -0.4 is 20.3 Å². The van der Waals surface area contributed by atoms with E-state index in [1.54, 1.807) is 23.2 Å². The van der Waals surface area contributed by atoms with Crippen LogP contribution in [0.25, 0.3) is 11.7 Å². The first-order valence-electron chi connectivity index (χ1n) is 12.0. The van der Waals surface area contributed by atoms with Gasteiger partial charge in [0.25, 0.3) is 11.5 Å². The fourth-order valence-corrected chi connectivity index (χ4v) is 5.80. The minimum Gasteiger partial charge on any atom is -0.454 e. The lowest BCUT2D eigenvalue weighted by atomic mass is 10.2. The van der Waals surface area contributed by atoms with Crippen LogP contribution in [0.15, 0.2) is 46.2 Å². The van der Waals surface area contributed by atoms with Crippen molar-refractivity contribution in [1.29, 1.82) is 0 Å². The molecule has 6 rings (SSSR count). The van der Waals surface area contributed by atoms with Gasteiger partial charge in [0, 0.05) is 19.3 Å². The summed E-state index contributed by atoms with van der Waals surface area (Å²) in [5.74, 6) is 1.54. The molecule has 3 aliphatic rings. The molecule has 3 aliphatic heterocycles. The SMILES string of the molecule is Cc1ccc2nc(NCc3ccc4c(c3)OCO4)c(C=C3SC(=S)N(CC4CCCO4)C3=O)c(=O)n2c1. The second-order valence-corrected chi connectivity index (χ2v) is 10.8. The fraction of sp³-hybridized carbons (Fsp3) is 0.308. The van der Waals surface area contributed by atoms with E-state index >= 15 is 0 Å². The Hall–Kier alpha value is -3.41. The molecule has 1 unspecified atom stereocenters. The maximum absolute atomic E-state index is 13.6. The quantitative estimate of drug-likeness (QED) is 0.374. The molecule has 0 spiro atoms. The highest BCUT2D eigenvalue weighted by Gasteiger charge is 2.35. The summed E-state index contributed by atoms with van der Waals surface area (Å²) in [4.78, 5) is 33.5. The van der Waals surface area contributed by atoms with Crippen molar-refractivity contribution in [1.82, 2.24) is 14.3 Å². The Labute approximate surface area is 222 Å². The topological polar surface area (TPSA) is 94.4 Å². The van der Waals surface area contributed by atoms with Gasteiger partial charge >= 0.3 is 0 Å². The van der Waals surface area contributed by atoms with E-state index in [-0.39, 0.29) is 24.4 Å². The smallest absolute Gasteiger partial charge is 0.267 e. The maximum Gasteiger partial charge on any atom is 0.267 e. The number of benzene rings is 1. The van der Waals surface area contributed by atoms with Crippen LogP contribution in [0.5, 0.6) is 11.5 Å². The number of nitrogens with zero attached hydrogens (tertiary/aromatic N) is 3. The number of ether oxygens (including phenoxy) is 3. The number of hydrogen-bond acceptors (Lipinski definition) is 9. The van der Waals surface area contributed by atoms with Crippen molar-refractivity contribution in [2.75, 3.05) is 25.3 Å². The number of thiocarbonyl (C=S) groups is 1. The van der Waals surface area contributed by atoms with Gasteiger partial charge in [0.15, 0.2) is 11.5 Å². The zero-order valence-electron chi connectivity index (χ0n) is 20.1. The molecule has 1 atom stereocenters. The normalized spacial score (nSPS) is 20.0. The number of aryl methyl sites for hydroxylation is 1. The number of fused-ring (bicyclic) bond motifs is 2. The van der Waals surface area contributed by atoms with Gasteiger partial charge in [0.1, 0.15) is 15.8 Å². The van der Waals surface area contributed by atoms with Crippen molar-refractivity contribution in [2.24, 2.45) is 0 Å². The number of aromatic nitrogens is 2. The molecule has 1 amide bonds. The van der Waals surface area contributed by atoms with Gasteiger partial charge in [-0.25, -0.2) is 4.98 Å². The standard InChI is InChI=1S/C26H24N4O5S2/c1-15-4-7-22-28-23(27-11-16-5-6-19-20(9-16)35-14-34-19)18(24(31)29(22)12-15)10-21-25(32)30(26(36)37-21)13-17-3-2-8-33-17/h4-7,9-10,12,17,27H,2-3,8,11,13-14H2,1H3.